The van der Waals surface area contributed by atoms with E-state index in [1.54, 1.807) is 0 Å². The second kappa shape index (κ2) is 8.58. The summed E-state index contributed by atoms with van der Waals surface area (Å²) in [5, 5.41) is 15.2. The molecule has 0 heterocycles. The first-order valence-electron chi connectivity index (χ1n) is 12.8. The average molecular weight is 475 g/mol. The lowest BCUT2D eigenvalue weighted by Crippen LogP contribution is -2.31. The van der Waals surface area contributed by atoms with Gasteiger partial charge < -0.3 is 5.11 Å². The van der Waals surface area contributed by atoms with Gasteiger partial charge in [0.15, 0.2) is 0 Å². The Balaban J connectivity index is 1.62. The van der Waals surface area contributed by atoms with Crippen LogP contribution in [0.1, 0.15) is 39.3 Å². The van der Waals surface area contributed by atoms with Crippen molar-refractivity contribution in [3.8, 4) is 11.1 Å². The molecule has 0 saturated heterocycles. The van der Waals surface area contributed by atoms with Gasteiger partial charge in [0, 0.05) is 11.5 Å². The summed E-state index contributed by atoms with van der Waals surface area (Å²) in [7, 11) is 0. The zero-order valence-electron chi connectivity index (χ0n) is 20.4. The van der Waals surface area contributed by atoms with Crippen molar-refractivity contribution >= 4 is 10.8 Å². The molecule has 37 heavy (non-hydrogen) atoms. The molecule has 0 bridgehead atoms. The Morgan fingerprint density at radius 2 is 0.919 bits per heavy atom. The first-order valence-corrected chi connectivity index (χ1v) is 12.8. The van der Waals surface area contributed by atoms with Gasteiger partial charge in [0.05, 0.1) is 0 Å². The summed E-state index contributed by atoms with van der Waals surface area (Å²) in [4.78, 5) is 0. The van der Waals surface area contributed by atoms with Crippen LogP contribution in [-0.2, 0) is 5.60 Å². The minimum absolute atomic E-state index is 0.0194. The first-order chi connectivity index (χ1) is 18.3. The van der Waals surface area contributed by atoms with Gasteiger partial charge >= 0.3 is 0 Å². The van der Waals surface area contributed by atoms with Crippen molar-refractivity contribution in [2.45, 2.75) is 11.5 Å². The Hall–Kier alpha value is -4.46. The maximum absolute atomic E-state index is 13.1. The van der Waals surface area contributed by atoms with E-state index >= 15 is 0 Å². The molecule has 176 valence electrons. The number of benzene rings is 6. The van der Waals surface area contributed by atoms with E-state index in [9.17, 15) is 5.11 Å². The fraction of sp³-hybridized carbons (Fsp3) is 0.0556. The molecule has 0 spiro atoms. The highest BCUT2D eigenvalue weighted by Crippen LogP contribution is 2.52. The molecule has 1 N–H and O–H groups in total. The second-order valence-corrected chi connectivity index (χ2v) is 9.80. The molecule has 0 amide bonds. The van der Waals surface area contributed by atoms with Crippen LogP contribution in [0.2, 0.25) is 0 Å². The zero-order valence-corrected chi connectivity index (χ0v) is 20.4. The molecular formula is C36H26O. The molecule has 7 rings (SSSR count). The van der Waals surface area contributed by atoms with Crippen molar-refractivity contribution < 1.29 is 5.11 Å². The molecule has 1 nitrogen and oxygen atoms in total. The molecule has 0 unspecified atom stereocenters. The van der Waals surface area contributed by atoms with Crippen LogP contribution in [0.5, 0.6) is 0 Å². The van der Waals surface area contributed by atoms with Crippen LogP contribution in [0.4, 0.5) is 0 Å². The molecule has 1 aliphatic carbocycles. The molecule has 0 radical (unpaired) electrons. The molecule has 0 aromatic heterocycles. The van der Waals surface area contributed by atoms with Crippen molar-refractivity contribution in [1.82, 2.24) is 0 Å². The predicted molar refractivity (Wildman–Crippen MR) is 152 cm³/mol. The SMILES string of the molecule is OC(c1ccccc1)(c1ccccc1)c1c(C2c3ccccc3-c3ccccc32)ccc2ccccc12. The summed E-state index contributed by atoms with van der Waals surface area (Å²) < 4.78 is 0. The van der Waals surface area contributed by atoms with Gasteiger partial charge in [-0.2, -0.15) is 0 Å². The summed E-state index contributed by atoms with van der Waals surface area (Å²) in [6.45, 7) is 0. The quantitative estimate of drug-likeness (QED) is 0.254. The third-order valence-electron chi connectivity index (χ3n) is 7.85. The third-order valence-corrected chi connectivity index (χ3v) is 7.85. The van der Waals surface area contributed by atoms with Gasteiger partial charge in [0.25, 0.3) is 0 Å². The molecule has 6 aromatic rings. The van der Waals surface area contributed by atoms with Crippen molar-refractivity contribution in [2.24, 2.45) is 0 Å². The second-order valence-electron chi connectivity index (χ2n) is 9.80. The van der Waals surface area contributed by atoms with Gasteiger partial charge in [-0.25, -0.2) is 0 Å². The Morgan fingerprint density at radius 1 is 0.432 bits per heavy atom. The maximum atomic E-state index is 13.1. The lowest BCUT2D eigenvalue weighted by Gasteiger charge is -2.35. The smallest absolute Gasteiger partial charge is 0.141 e. The van der Waals surface area contributed by atoms with Gasteiger partial charge in [0.1, 0.15) is 5.60 Å². The number of rotatable bonds is 4. The molecule has 0 fully saturated rings. The molecule has 0 atom stereocenters. The number of fused-ring (bicyclic) bond motifs is 4. The van der Waals surface area contributed by atoms with Crippen LogP contribution in [0.15, 0.2) is 146 Å². The van der Waals surface area contributed by atoms with Crippen molar-refractivity contribution in [3.63, 3.8) is 0 Å². The number of hydrogen-bond donors (Lipinski definition) is 1. The topological polar surface area (TPSA) is 20.2 Å². The zero-order chi connectivity index (χ0) is 24.8. The third kappa shape index (κ3) is 3.28. The summed E-state index contributed by atoms with van der Waals surface area (Å²) in [5.74, 6) is 0.0194. The van der Waals surface area contributed by atoms with E-state index < -0.39 is 5.60 Å². The van der Waals surface area contributed by atoms with Gasteiger partial charge in [-0.1, -0.05) is 146 Å². The van der Waals surface area contributed by atoms with Crippen molar-refractivity contribution in [2.75, 3.05) is 0 Å². The monoisotopic (exact) mass is 474 g/mol. The van der Waals surface area contributed by atoms with Gasteiger partial charge in [0.2, 0.25) is 0 Å². The van der Waals surface area contributed by atoms with Gasteiger partial charge in [-0.15, -0.1) is 0 Å². The van der Waals surface area contributed by atoms with Crippen LogP contribution < -0.4 is 0 Å². The van der Waals surface area contributed by atoms with E-state index in [-0.39, 0.29) is 5.92 Å². The van der Waals surface area contributed by atoms with Gasteiger partial charge in [-0.05, 0) is 49.7 Å². The van der Waals surface area contributed by atoms with E-state index in [4.69, 9.17) is 0 Å². The van der Waals surface area contributed by atoms with E-state index in [0.717, 1.165) is 33.0 Å². The molecular weight excluding hydrogens is 448 g/mol. The van der Waals surface area contributed by atoms with Crippen molar-refractivity contribution in [1.29, 1.82) is 0 Å². The van der Waals surface area contributed by atoms with Crippen LogP contribution in [0, 0.1) is 0 Å². The van der Waals surface area contributed by atoms with Gasteiger partial charge in [-0.3, -0.25) is 0 Å². The Kier molecular flexibility index (Phi) is 5.06. The summed E-state index contributed by atoms with van der Waals surface area (Å²) >= 11 is 0. The van der Waals surface area contributed by atoms with Crippen LogP contribution in [-0.4, -0.2) is 5.11 Å². The Morgan fingerprint density at radius 3 is 1.51 bits per heavy atom. The molecule has 6 aromatic carbocycles. The standard InChI is InChI=1S/C36H26O/c37-36(26-14-3-1-4-15-26,27-16-5-2-6-17-27)35-28-18-8-7-13-25(28)23-24-33(35)34-31-21-11-9-19-29(31)30-20-10-12-22-32(30)34/h1-24,34,37H. The van der Waals surface area contributed by atoms with E-state index in [1.807, 2.05) is 60.7 Å². The average Bonchev–Trinajstić information content (AvgIpc) is 3.31. The molecule has 1 aliphatic rings. The lowest BCUT2D eigenvalue weighted by molar-refractivity contribution is 0.126. The fourth-order valence-electron chi connectivity index (χ4n) is 6.24. The van der Waals surface area contributed by atoms with E-state index in [0.29, 0.717) is 0 Å². The highest BCUT2D eigenvalue weighted by atomic mass is 16.3. The van der Waals surface area contributed by atoms with E-state index in [1.165, 1.54) is 22.3 Å². The van der Waals surface area contributed by atoms with Crippen LogP contribution in [0.3, 0.4) is 0 Å². The fourth-order valence-corrected chi connectivity index (χ4v) is 6.24. The van der Waals surface area contributed by atoms with Crippen LogP contribution >= 0.6 is 0 Å². The predicted octanol–water partition coefficient (Wildman–Crippen LogP) is 8.28. The maximum Gasteiger partial charge on any atom is 0.141 e. The Bertz CT molecular complexity index is 1650. The molecule has 0 saturated carbocycles. The lowest BCUT2D eigenvalue weighted by atomic mass is 9.73. The highest BCUT2D eigenvalue weighted by Gasteiger charge is 2.40. The summed E-state index contributed by atoms with van der Waals surface area (Å²) in [6.07, 6.45) is 0. The molecule has 1 heteroatoms. The summed E-state index contributed by atoms with van der Waals surface area (Å²) in [5.41, 5.74) is 7.55. The van der Waals surface area contributed by atoms with Crippen LogP contribution in [0.25, 0.3) is 21.9 Å². The first kappa shape index (κ1) is 21.8. The minimum atomic E-state index is -1.34. The largest absolute Gasteiger partial charge is 0.376 e. The minimum Gasteiger partial charge on any atom is -0.376 e. The number of aliphatic hydroxyl groups is 1. The summed E-state index contributed by atoms with van der Waals surface area (Å²) in [6, 6.07) is 50.4. The highest BCUT2D eigenvalue weighted by molar-refractivity contribution is 5.91. The molecule has 0 aliphatic heterocycles. The number of hydrogen-bond acceptors (Lipinski definition) is 1. The van der Waals surface area contributed by atoms with E-state index in [2.05, 4.69) is 84.9 Å². The van der Waals surface area contributed by atoms with Crippen molar-refractivity contribution in [3.05, 3.63) is 179 Å². The Labute approximate surface area is 217 Å². The normalized spacial score (nSPS) is 12.9.